The molecule has 0 unspecified atom stereocenters. The third kappa shape index (κ3) is 3.75. The molecule has 2 fully saturated rings. The van der Waals surface area contributed by atoms with Crippen molar-refractivity contribution in [3.63, 3.8) is 0 Å². The zero-order valence-electron chi connectivity index (χ0n) is 14.0. The summed E-state index contributed by atoms with van der Waals surface area (Å²) in [6.45, 7) is 2.12. The molecule has 4 nitrogen and oxygen atoms in total. The first kappa shape index (κ1) is 16.5. The standard InChI is InChI=1S/C19H27NO3/c1-13-5-3-4-6-15(13)12-19(9-10-19)20-18(22)14-7-8-16(21)17(11-14)23-2/h3-6,14,16-17,21H,7-12H2,1-2H3,(H,20,22)/t14-,16+,17-/m1/s1. The molecule has 2 aliphatic rings. The number of carbonyl (C=O) groups is 1. The highest BCUT2D eigenvalue weighted by Crippen LogP contribution is 2.40. The van der Waals surface area contributed by atoms with Crippen LogP contribution < -0.4 is 5.32 Å². The second-order valence-electron chi connectivity index (χ2n) is 7.22. The van der Waals surface area contributed by atoms with Gasteiger partial charge in [0.15, 0.2) is 0 Å². The van der Waals surface area contributed by atoms with Gasteiger partial charge in [-0.3, -0.25) is 4.79 Å². The number of nitrogens with one attached hydrogen (secondary N) is 1. The predicted molar refractivity (Wildman–Crippen MR) is 89.1 cm³/mol. The average molecular weight is 317 g/mol. The van der Waals surface area contributed by atoms with Crippen molar-refractivity contribution in [2.45, 2.75) is 63.2 Å². The molecule has 0 spiro atoms. The summed E-state index contributed by atoms with van der Waals surface area (Å²) >= 11 is 0. The molecule has 0 bridgehead atoms. The van der Waals surface area contributed by atoms with E-state index in [2.05, 4.69) is 36.5 Å². The van der Waals surface area contributed by atoms with Crippen LogP contribution in [0, 0.1) is 12.8 Å². The van der Waals surface area contributed by atoms with E-state index in [9.17, 15) is 9.90 Å². The molecule has 1 aromatic rings. The van der Waals surface area contributed by atoms with Crippen molar-refractivity contribution in [2.75, 3.05) is 7.11 Å². The minimum Gasteiger partial charge on any atom is -0.390 e. The molecule has 0 aromatic heterocycles. The van der Waals surface area contributed by atoms with Crippen molar-refractivity contribution in [1.29, 1.82) is 0 Å². The van der Waals surface area contributed by atoms with Crippen LogP contribution in [0.15, 0.2) is 24.3 Å². The Labute approximate surface area is 138 Å². The molecule has 1 amide bonds. The van der Waals surface area contributed by atoms with Crippen LogP contribution >= 0.6 is 0 Å². The highest BCUT2D eigenvalue weighted by molar-refractivity contribution is 5.80. The van der Waals surface area contributed by atoms with Gasteiger partial charge < -0.3 is 15.2 Å². The number of aryl methyl sites for hydroxylation is 1. The summed E-state index contributed by atoms with van der Waals surface area (Å²) in [6, 6.07) is 8.39. The first-order valence-electron chi connectivity index (χ1n) is 8.60. The Hall–Kier alpha value is -1.39. The summed E-state index contributed by atoms with van der Waals surface area (Å²) in [4.78, 5) is 12.6. The minimum atomic E-state index is -0.439. The van der Waals surface area contributed by atoms with E-state index in [0.717, 1.165) is 25.7 Å². The number of rotatable bonds is 5. The molecule has 3 atom stereocenters. The maximum atomic E-state index is 12.6. The van der Waals surface area contributed by atoms with E-state index in [4.69, 9.17) is 4.74 Å². The van der Waals surface area contributed by atoms with Gasteiger partial charge in [-0.1, -0.05) is 24.3 Å². The number of amides is 1. The quantitative estimate of drug-likeness (QED) is 0.876. The first-order valence-corrected chi connectivity index (χ1v) is 8.60. The molecule has 2 N–H and O–H groups in total. The van der Waals surface area contributed by atoms with Crippen LogP contribution in [0.2, 0.25) is 0 Å². The topological polar surface area (TPSA) is 58.6 Å². The van der Waals surface area contributed by atoms with Gasteiger partial charge in [0.1, 0.15) is 0 Å². The second-order valence-corrected chi connectivity index (χ2v) is 7.22. The molecular weight excluding hydrogens is 290 g/mol. The Bertz CT molecular complexity index is 567. The molecule has 4 heteroatoms. The largest absolute Gasteiger partial charge is 0.390 e. The predicted octanol–water partition coefficient (Wildman–Crippen LogP) is 2.36. The number of hydrogen-bond donors (Lipinski definition) is 2. The fourth-order valence-electron chi connectivity index (χ4n) is 3.64. The van der Waals surface area contributed by atoms with Crippen LogP contribution in [-0.4, -0.2) is 35.9 Å². The molecule has 2 aliphatic carbocycles. The average Bonchev–Trinajstić information content (AvgIpc) is 3.29. The molecule has 0 aliphatic heterocycles. The van der Waals surface area contributed by atoms with Crippen molar-refractivity contribution < 1.29 is 14.6 Å². The number of ether oxygens (including phenoxy) is 1. The smallest absolute Gasteiger partial charge is 0.223 e. The van der Waals surface area contributed by atoms with E-state index in [0.29, 0.717) is 12.8 Å². The highest BCUT2D eigenvalue weighted by Gasteiger charge is 2.45. The molecule has 0 radical (unpaired) electrons. The van der Waals surface area contributed by atoms with Crippen molar-refractivity contribution in [3.05, 3.63) is 35.4 Å². The molecule has 3 rings (SSSR count). The van der Waals surface area contributed by atoms with Gasteiger partial charge in [0, 0.05) is 18.6 Å². The fraction of sp³-hybridized carbons (Fsp3) is 0.632. The van der Waals surface area contributed by atoms with Gasteiger partial charge in [-0.15, -0.1) is 0 Å². The Morgan fingerprint density at radius 2 is 2.09 bits per heavy atom. The maximum Gasteiger partial charge on any atom is 0.223 e. The van der Waals surface area contributed by atoms with E-state index in [1.807, 2.05) is 0 Å². The monoisotopic (exact) mass is 317 g/mol. The van der Waals surface area contributed by atoms with Crippen molar-refractivity contribution >= 4 is 5.91 Å². The lowest BCUT2D eigenvalue weighted by Crippen LogP contribution is -2.46. The molecule has 126 valence electrons. The van der Waals surface area contributed by atoms with Gasteiger partial charge in [-0.25, -0.2) is 0 Å². The van der Waals surface area contributed by atoms with E-state index in [-0.39, 0.29) is 23.5 Å². The lowest BCUT2D eigenvalue weighted by atomic mass is 9.84. The summed E-state index contributed by atoms with van der Waals surface area (Å²) in [5.41, 5.74) is 2.55. The summed E-state index contributed by atoms with van der Waals surface area (Å²) in [5.74, 6) is 0.0859. The van der Waals surface area contributed by atoms with E-state index in [1.165, 1.54) is 11.1 Å². The zero-order valence-corrected chi connectivity index (χ0v) is 14.0. The lowest BCUT2D eigenvalue weighted by molar-refractivity contribution is -0.131. The molecule has 0 saturated heterocycles. The molecule has 0 heterocycles. The summed E-state index contributed by atoms with van der Waals surface area (Å²) in [7, 11) is 1.61. The van der Waals surface area contributed by atoms with E-state index in [1.54, 1.807) is 7.11 Å². The van der Waals surface area contributed by atoms with Crippen molar-refractivity contribution in [2.24, 2.45) is 5.92 Å². The van der Waals surface area contributed by atoms with Gasteiger partial charge in [0.2, 0.25) is 5.91 Å². The lowest BCUT2D eigenvalue weighted by Gasteiger charge is -2.32. The summed E-state index contributed by atoms with van der Waals surface area (Å²) in [5, 5.41) is 13.2. The number of aliphatic hydroxyl groups is 1. The Kier molecular flexibility index (Phi) is 4.74. The van der Waals surface area contributed by atoms with Gasteiger partial charge in [0.05, 0.1) is 12.2 Å². The normalized spacial score (nSPS) is 29.1. The number of aliphatic hydroxyl groups excluding tert-OH is 1. The molecule has 23 heavy (non-hydrogen) atoms. The zero-order chi connectivity index (χ0) is 16.4. The van der Waals surface area contributed by atoms with Crippen LogP contribution in [0.3, 0.4) is 0 Å². The third-order valence-corrected chi connectivity index (χ3v) is 5.46. The second kappa shape index (κ2) is 6.62. The van der Waals surface area contributed by atoms with Crippen LogP contribution in [-0.2, 0) is 16.0 Å². The number of hydrogen-bond acceptors (Lipinski definition) is 3. The summed E-state index contributed by atoms with van der Waals surface area (Å²) < 4.78 is 5.31. The van der Waals surface area contributed by atoms with Crippen LogP contribution in [0.25, 0.3) is 0 Å². The fourth-order valence-corrected chi connectivity index (χ4v) is 3.64. The summed E-state index contributed by atoms with van der Waals surface area (Å²) in [6.07, 6.45) is 4.36. The SMILES string of the molecule is CO[C@@H]1C[C@H](C(=O)NC2(Cc3ccccc3C)CC2)CC[C@@H]1O. The van der Waals surface area contributed by atoms with Gasteiger partial charge in [-0.05, 0) is 56.6 Å². The van der Waals surface area contributed by atoms with Gasteiger partial charge in [0.25, 0.3) is 0 Å². The highest BCUT2D eigenvalue weighted by atomic mass is 16.5. The maximum absolute atomic E-state index is 12.6. The Morgan fingerprint density at radius 3 is 2.74 bits per heavy atom. The first-order chi connectivity index (χ1) is 11.0. The Balaban J connectivity index is 1.60. The number of benzene rings is 1. The van der Waals surface area contributed by atoms with Gasteiger partial charge in [-0.2, -0.15) is 0 Å². The van der Waals surface area contributed by atoms with Crippen molar-refractivity contribution in [1.82, 2.24) is 5.32 Å². The van der Waals surface area contributed by atoms with Crippen LogP contribution in [0.1, 0.15) is 43.2 Å². The van der Waals surface area contributed by atoms with Crippen LogP contribution in [0.5, 0.6) is 0 Å². The minimum absolute atomic E-state index is 0.0438. The molecule has 2 saturated carbocycles. The molecular formula is C19H27NO3. The van der Waals surface area contributed by atoms with Gasteiger partial charge >= 0.3 is 0 Å². The van der Waals surface area contributed by atoms with E-state index >= 15 is 0 Å². The van der Waals surface area contributed by atoms with Crippen LogP contribution in [0.4, 0.5) is 0 Å². The Morgan fingerprint density at radius 1 is 1.35 bits per heavy atom. The third-order valence-electron chi connectivity index (χ3n) is 5.46. The number of carbonyl (C=O) groups excluding carboxylic acids is 1. The van der Waals surface area contributed by atoms with Crippen molar-refractivity contribution in [3.8, 4) is 0 Å². The molecule has 1 aromatic carbocycles. The van der Waals surface area contributed by atoms with E-state index < -0.39 is 6.10 Å². The number of methoxy groups -OCH3 is 1.